The molecule has 35 heavy (non-hydrogen) atoms. The van der Waals surface area contributed by atoms with Crippen LogP contribution in [0.5, 0.6) is 0 Å². The second-order valence-corrected chi connectivity index (χ2v) is 9.57. The van der Waals surface area contributed by atoms with Gasteiger partial charge in [-0.3, -0.25) is 14.6 Å². The van der Waals surface area contributed by atoms with Crippen molar-refractivity contribution in [2.75, 3.05) is 13.6 Å². The number of hydrogen-bond acceptors (Lipinski definition) is 6. The molecule has 0 aliphatic carbocycles. The Hall–Kier alpha value is -3.99. The Balaban J connectivity index is 1.35. The van der Waals surface area contributed by atoms with Gasteiger partial charge in [-0.1, -0.05) is 12.1 Å². The van der Waals surface area contributed by atoms with E-state index in [1.807, 2.05) is 43.7 Å². The molecule has 1 aromatic heterocycles. The van der Waals surface area contributed by atoms with Crippen molar-refractivity contribution in [1.82, 2.24) is 19.7 Å². The van der Waals surface area contributed by atoms with Crippen LogP contribution in [0.1, 0.15) is 42.1 Å². The number of fused-ring (bicyclic) bond motifs is 2. The molecule has 1 amide bonds. The molecule has 0 N–H and O–H groups in total. The Morgan fingerprint density at radius 1 is 1.26 bits per heavy atom. The van der Waals surface area contributed by atoms with Gasteiger partial charge in [0.15, 0.2) is 5.78 Å². The maximum Gasteiger partial charge on any atom is 0.224 e. The van der Waals surface area contributed by atoms with Gasteiger partial charge < -0.3 is 14.7 Å². The lowest BCUT2D eigenvalue weighted by Crippen LogP contribution is -2.36. The van der Waals surface area contributed by atoms with Crippen molar-refractivity contribution in [3.8, 4) is 6.07 Å². The molecule has 0 radical (unpaired) electrons. The van der Waals surface area contributed by atoms with Gasteiger partial charge in [0, 0.05) is 62.1 Å². The highest BCUT2D eigenvalue weighted by Gasteiger charge is 2.43. The molecule has 5 rings (SSSR count). The maximum absolute atomic E-state index is 14.3. The predicted octanol–water partition coefficient (Wildman–Crippen LogP) is 4.01. The van der Waals surface area contributed by atoms with E-state index in [4.69, 9.17) is 0 Å². The number of pyridine rings is 1. The van der Waals surface area contributed by atoms with Gasteiger partial charge in [0.05, 0.1) is 18.1 Å². The zero-order valence-electron chi connectivity index (χ0n) is 19.7. The first-order valence-electron chi connectivity index (χ1n) is 11.6. The van der Waals surface area contributed by atoms with E-state index >= 15 is 0 Å². The van der Waals surface area contributed by atoms with Gasteiger partial charge in [0.2, 0.25) is 5.91 Å². The summed E-state index contributed by atoms with van der Waals surface area (Å²) in [6, 6.07) is 8.71. The number of aromatic nitrogens is 1. The van der Waals surface area contributed by atoms with Gasteiger partial charge in [-0.25, -0.2) is 4.39 Å². The van der Waals surface area contributed by atoms with Crippen molar-refractivity contribution in [2.24, 2.45) is 0 Å². The highest BCUT2D eigenvalue weighted by Crippen LogP contribution is 2.32. The van der Waals surface area contributed by atoms with E-state index < -0.39 is 11.7 Å². The van der Waals surface area contributed by atoms with Crippen LogP contribution in [-0.2, 0) is 4.79 Å². The van der Waals surface area contributed by atoms with Gasteiger partial charge >= 0.3 is 0 Å². The molecule has 1 saturated heterocycles. The van der Waals surface area contributed by atoms with Crippen molar-refractivity contribution >= 4 is 28.2 Å². The SMILES string of the molecule is CN1C=CN2C=C(c3ccc4nccc(C(=O)CCC(=O)N5CC(C)(F)C[C@H]5C#N)c4c3)C=CC12. The number of likely N-dealkylation sites (tertiary alicyclic amines) is 1. The Labute approximate surface area is 203 Å². The number of nitriles is 1. The fourth-order valence-electron chi connectivity index (χ4n) is 4.98. The highest BCUT2D eigenvalue weighted by molar-refractivity contribution is 6.08. The van der Waals surface area contributed by atoms with Crippen LogP contribution in [-0.4, -0.2) is 62.8 Å². The summed E-state index contributed by atoms with van der Waals surface area (Å²) in [4.78, 5) is 35.7. The van der Waals surface area contributed by atoms with Crippen LogP contribution < -0.4 is 0 Å². The first kappa shape index (κ1) is 22.8. The summed E-state index contributed by atoms with van der Waals surface area (Å²) in [5, 5.41) is 10.0. The van der Waals surface area contributed by atoms with Crippen molar-refractivity contribution in [3.63, 3.8) is 0 Å². The number of allylic oxidation sites excluding steroid dienone is 2. The van der Waals surface area contributed by atoms with Gasteiger partial charge in [0.1, 0.15) is 17.9 Å². The van der Waals surface area contributed by atoms with E-state index in [0.29, 0.717) is 11.1 Å². The minimum Gasteiger partial charge on any atom is -0.356 e. The molecule has 3 aliphatic heterocycles. The molecule has 178 valence electrons. The number of hydrogen-bond donors (Lipinski definition) is 0. The lowest BCUT2D eigenvalue weighted by molar-refractivity contribution is -0.131. The molecule has 0 spiro atoms. The number of carbonyl (C=O) groups is 2. The molecule has 0 bridgehead atoms. The highest BCUT2D eigenvalue weighted by atomic mass is 19.1. The van der Waals surface area contributed by atoms with Crippen molar-refractivity contribution in [1.29, 1.82) is 5.26 Å². The Morgan fingerprint density at radius 2 is 2.09 bits per heavy atom. The van der Waals surface area contributed by atoms with Crippen LogP contribution in [0.3, 0.4) is 0 Å². The largest absolute Gasteiger partial charge is 0.356 e. The van der Waals surface area contributed by atoms with E-state index in [1.54, 1.807) is 12.3 Å². The van der Waals surface area contributed by atoms with Crippen LogP contribution in [0.15, 0.2) is 61.2 Å². The third-order valence-corrected chi connectivity index (χ3v) is 6.84. The van der Waals surface area contributed by atoms with Crippen LogP contribution in [0, 0.1) is 11.3 Å². The maximum atomic E-state index is 14.3. The van der Waals surface area contributed by atoms with E-state index in [2.05, 4.69) is 33.1 Å². The molecule has 0 saturated carbocycles. The second-order valence-electron chi connectivity index (χ2n) is 9.57. The van der Waals surface area contributed by atoms with Crippen molar-refractivity contribution < 1.29 is 14.0 Å². The normalized spacial score (nSPS) is 25.1. The molecular weight excluding hydrogens is 445 g/mol. The van der Waals surface area contributed by atoms with Crippen molar-refractivity contribution in [2.45, 2.75) is 44.1 Å². The van der Waals surface area contributed by atoms with Crippen LogP contribution in [0.2, 0.25) is 0 Å². The van der Waals surface area contributed by atoms with E-state index in [9.17, 15) is 19.2 Å². The molecule has 1 aromatic carbocycles. The summed E-state index contributed by atoms with van der Waals surface area (Å²) in [6.45, 7) is 1.27. The average Bonchev–Trinajstić information content (AvgIpc) is 3.39. The van der Waals surface area contributed by atoms with Crippen LogP contribution >= 0.6 is 0 Å². The summed E-state index contributed by atoms with van der Waals surface area (Å²) < 4.78 is 14.3. The summed E-state index contributed by atoms with van der Waals surface area (Å²) in [6.07, 6.45) is 12.0. The smallest absolute Gasteiger partial charge is 0.224 e. The van der Waals surface area contributed by atoms with E-state index in [0.717, 1.165) is 16.5 Å². The molecule has 3 atom stereocenters. The summed E-state index contributed by atoms with van der Waals surface area (Å²) in [7, 11) is 2.02. The number of benzene rings is 1. The van der Waals surface area contributed by atoms with E-state index in [-0.39, 0.29) is 43.7 Å². The number of likely N-dealkylation sites (N-methyl/N-ethyl adjacent to an activating group) is 1. The Kier molecular flexibility index (Phi) is 5.64. The molecule has 3 aliphatic rings. The van der Waals surface area contributed by atoms with E-state index in [1.165, 1.54) is 11.8 Å². The lowest BCUT2D eigenvalue weighted by Gasteiger charge is -2.28. The van der Waals surface area contributed by atoms with Gasteiger partial charge in [-0.2, -0.15) is 5.26 Å². The number of alkyl halides is 1. The molecule has 1 fully saturated rings. The molecule has 7 nitrogen and oxygen atoms in total. The summed E-state index contributed by atoms with van der Waals surface area (Å²) in [5.41, 5.74) is 1.59. The zero-order chi connectivity index (χ0) is 24.7. The Bertz CT molecular complexity index is 1340. The summed E-state index contributed by atoms with van der Waals surface area (Å²) >= 11 is 0. The Morgan fingerprint density at radius 3 is 2.89 bits per heavy atom. The second kappa shape index (κ2) is 8.66. The van der Waals surface area contributed by atoms with Crippen molar-refractivity contribution in [3.05, 3.63) is 72.3 Å². The molecule has 2 unspecified atom stereocenters. The predicted molar refractivity (Wildman–Crippen MR) is 130 cm³/mol. The number of amides is 1. The first-order valence-corrected chi connectivity index (χ1v) is 11.6. The number of carbonyl (C=O) groups excluding carboxylic acids is 2. The third-order valence-electron chi connectivity index (χ3n) is 6.84. The first-order chi connectivity index (χ1) is 16.8. The fourth-order valence-corrected chi connectivity index (χ4v) is 4.98. The standard InChI is InChI=1S/C27H26FN5O2/c1-27(28)14-20(15-29)33(17-27)26(35)8-6-24(34)21-9-10-30-23-5-3-18(13-22(21)23)19-4-7-25-31(2)11-12-32(25)16-19/h3-5,7,9-13,16,20,25H,6,8,14,17H2,1-2H3/t20-,25?,27?/m0/s1. The monoisotopic (exact) mass is 471 g/mol. The number of Topliss-reactive ketones (excluding diaryl/α,β-unsaturated/α-hetero) is 1. The number of rotatable bonds is 5. The molecule has 8 heteroatoms. The number of nitrogens with zero attached hydrogens (tertiary/aromatic N) is 5. The van der Waals surface area contributed by atoms with Gasteiger partial charge in [-0.15, -0.1) is 0 Å². The minimum atomic E-state index is -1.58. The van der Waals surface area contributed by atoms with Gasteiger partial charge in [0.25, 0.3) is 0 Å². The molecule has 2 aromatic rings. The van der Waals surface area contributed by atoms with Gasteiger partial charge in [-0.05, 0) is 42.3 Å². The van der Waals surface area contributed by atoms with Crippen LogP contribution in [0.4, 0.5) is 4.39 Å². The number of halogens is 1. The lowest BCUT2D eigenvalue weighted by atomic mass is 9.97. The molecular formula is C27H26FN5O2. The summed E-state index contributed by atoms with van der Waals surface area (Å²) in [5.74, 6) is -0.558. The minimum absolute atomic E-state index is 0.00446. The zero-order valence-corrected chi connectivity index (χ0v) is 19.7. The molecule has 4 heterocycles. The van der Waals surface area contributed by atoms with Crippen LogP contribution in [0.25, 0.3) is 16.5 Å². The number of ketones is 1. The average molecular weight is 472 g/mol. The quantitative estimate of drug-likeness (QED) is 0.613. The third kappa shape index (κ3) is 4.30. The fraction of sp³-hybridized carbons (Fsp3) is 0.333. The topological polar surface area (TPSA) is 80.5 Å².